The first-order valence-corrected chi connectivity index (χ1v) is 11.1. The van der Waals surface area contributed by atoms with E-state index in [0.717, 1.165) is 43.2 Å². The summed E-state index contributed by atoms with van der Waals surface area (Å²) >= 11 is 0. The molecule has 0 aromatic heterocycles. The number of carbonyl (C=O) groups excluding carboxylic acids is 1. The van der Waals surface area contributed by atoms with E-state index < -0.39 is 0 Å². The first-order chi connectivity index (χ1) is 16.2. The zero-order valence-corrected chi connectivity index (χ0v) is 19.2. The molecular formula is C27H31NO5. The summed E-state index contributed by atoms with van der Waals surface area (Å²) < 4.78 is 20.4. The number of hydrogen-bond acceptors (Lipinski definition) is 5. The van der Waals surface area contributed by atoms with Crippen LogP contribution >= 0.6 is 0 Å². The first kappa shape index (κ1) is 24.0. The van der Waals surface area contributed by atoms with Crippen molar-refractivity contribution < 1.29 is 23.7 Å². The Labute approximate surface area is 195 Å². The van der Waals surface area contributed by atoms with Crippen LogP contribution in [0.1, 0.15) is 31.2 Å². The Morgan fingerprint density at radius 1 is 0.970 bits per heavy atom. The van der Waals surface area contributed by atoms with Crippen LogP contribution in [0.25, 0.3) is 0 Å². The molecule has 2 aromatic rings. The van der Waals surface area contributed by atoms with Crippen LogP contribution < -0.4 is 14.2 Å². The Morgan fingerprint density at radius 3 is 2.42 bits per heavy atom. The van der Waals surface area contributed by atoms with Crippen LogP contribution in [0.15, 0.2) is 85.2 Å². The fourth-order valence-electron chi connectivity index (χ4n) is 3.58. The minimum absolute atomic E-state index is 0.262. The van der Waals surface area contributed by atoms with Crippen molar-refractivity contribution in [2.45, 2.75) is 25.7 Å². The Morgan fingerprint density at radius 2 is 1.70 bits per heavy atom. The van der Waals surface area contributed by atoms with E-state index in [9.17, 15) is 4.79 Å². The highest BCUT2D eigenvalue weighted by Gasteiger charge is 2.24. The quantitative estimate of drug-likeness (QED) is 0.409. The van der Waals surface area contributed by atoms with Gasteiger partial charge in [-0.15, -0.1) is 0 Å². The minimum atomic E-state index is -0.262. The van der Waals surface area contributed by atoms with Gasteiger partial charge in [0.05, 0.1) is 13.4 Å². The van der Waals surface area contributed by atoms with Gasteiger partial charge in [0.25, 0.3) is 0 Å². The molecule has 2 aliphatic rings. The van der Waals surface area contributed by atoms with Gasteiger partial charge in [-0.1, -0.05) is 54.6 Å². The Bertz CT molecular complexity index is 960. The number of carbonyl (C=O) groups is 1. The second-order valence-corrected chi connectivity index (χ2v) is 7.51. The van der Waals surface area contributed by atoms with Crippen LogP contribution in [-0.2, 0) is 4.74 Å². The summed E-state index contributed by atoms with van der Waals surface area (Å²) in [6.07, 6.45) is 12.4. The lowest BCUT2D eigenvalue weighted by atomic mass is 9.90. The summed E-state index contributed by atoms with van der Waals surface area (Å²) in [5.41, 5.74) is 1.37. The summed E-state index contributed by atoms with van der Waals surface area (Å²) in [4.78, 5) is 13.7. The van der Waals surface area contributed by atoms with Crippen molar-refractivity contribution in [2.75, 3.05) is 27.0 Å². The molecule has 6 heteroatoms. The Kier molecular flexibility index (Phi) is 9.45. The third-order valence-corrected chi connectivity index (χ3v) is 5.38. The molecule has 0 saturated carbocycles. The molecule has 0 radical (unpaired) electrons. The molecule has 1 saturated heterocycles. The van der Waals surface area contributed by atoms with Crippen molar-refractivity contribution in [3.8, 4) is 17.2 Å². The zero-order chi connectivity index (χ0) is 23.3. The number of hydrogen-bond donors (Lipinski definition) is 0. The zero-order valence-electron chi connectivity index (χ0n) is 19.2. The van der Waals surface area contributed by atoms with Crippen molar-refractivity contribution >= 4 is 6.09 Å². The van der Waals surface area contributed by atoms with E-state index in [2.05, 4.69) is 24.3 Å². The fraction of sp³-hybridized carbons (Fsp3) is 0.296. The van der Waals surface area contributed by atoms with Gasteiger partial charge >= 0.3 is 6.09 Å². The van der Waals surface area contributed by atoms with E-state index in [0.29, 0.717) is 12.7 Å². The SMILES string of the molecule is COc1ccc2c(c1)OCO2.C\C=C/C=C\C=C\OC(=O)N1CCC(c2ccccc2)CC1. The molecule has 0 aliphatic carbocycles. The maximum Gasteiger partial charge on any atom is 0.414 e. The van der Waals surface area contributed by atoms with Gasteiger partial charge < -0.3 is 23.8 Å². The third-order valence-electron chi connectivity index (χ3n) is 5.38. The molecule has 0 bridgehead atoms. The van der Waals surface area contributed by atoms with Gasteiger partial charge in [-0.05, 0) is 49.5 Å². The van der Waals surface area contributed by atoms with Crippen molar-refractivity contribution in [1.82, 2.24) is 4.90 Å². The molecule has 174 valence electrons. The topological polar surface area (TPSA) is 57.2 Å². The van der Waals surface area contributed by atoms with Gasteiger partial charge in [0, 0.05) is 19.2 Å². The lowest BCUT2D eigenvalue weighted by Gasteiger charge is -2.31. The molecule has 0 N–H and O–H groups in total. The van der Waals surface area contributed by atoms with Crippen molar-refractivity contribution in [2.24, 2.45) is 0 Å². The van der Waals surface area contributed by atoms with Crippen molar-refractivity contribution in [1.29, 1.82) is 0 Å². The smallest absolute Gasteiger partial charge is 0.414 e. The largest absolute Gasteiger partial charge is 0.497 e. The van der Waals surface area contributed by atoms with E-state index in [1.54, 1.807) is 18.1 Å². The molecule has 0 spiro atoms. The van der Waals surface area contributed by atoms with Crippen LogP contribution in [-0.4, -0.2) is 38.0 Å². The fourth-order valence-corrected chi connectivity index (χ4v) is 3.58. The molecule has 2 aromatic carbocycles. The predicted molar refractivity (Wildman–Crippen MR) is 129 cm³/mol. The number of benzene rings is 2. The molecule has 0 atom stereocenters. The van der Waals surface area contributed by atoms with E-state index in [1.165, 1.54) is 11.8 Å². The Balaban J connectivity index is 0.000000231. The van der Waals surface area contributed by atoms with Gasteiger partial charge in [0.15, 0.2) is 11.5 Å². The van der Waals surface area contributed by atoms with E-state index in [4.69, 9.17) is 18.9 Å². The van der Waals surface area contributed by atoms with Gasteiger partial charge in [0.2, 0.25) is 6.79 Å². The molecule has 0 unspecified atom stereocenters. The van der Waals surface area contributed by atoms with Crippen LogP contribution in [0.4, 0.5) is 4.79 Å². The molecule has 4 rings (SSSR count). The highest BCUT2D eigenvalue weighted by atomic mass is 16.7. The minimum Gasteiger partial charge on any atom is -0.497 e. The lowest BCUT2D eigenvalue weighted by Crippen LogP contribution is -2.37. The summed E-state index contributed by atoms with van der Waals surface area (Å²) in [6, 6.07) is 16.0. The molecule has 1 fully saturated rings. The van der Waals surface area contributed by atoms with E-state index in [-0.39, 0.29) is 6.09 Å². The maximum atomic E-state index is 11.9. The number of rotatable bonds is 5. The monoisotopic (exact) mass is 449 g/mol. The number of methoxy groups -OCH3 is 1. The summed E-state index contributed by atoms with van der Waals surface area (Å²) in [6.45, 7) is 3.76. The van der Waals surface area contributed by atoms with E-state index >= 15 is 0 Å². The summed E-state index contributed by atoms with van der Waals surface area (Å²) in [5.74, 6) is 2.87. The molecular weight excluding hydrogens is 418 g/mol. The number of likely N-dealkylation sites (tertiary alicyclic amines) is 1. The van der Waals surface area contributed by atoms with Gasteiger partial charge in [-0.2, -0.15) is 0 Å². The second-order valence-electron chi connectivity index (χ2n) is 7.51. The normalized spacial score (nSPS) is 15.6. The van der Waals surface area contributed by atoms with Crippen LogP contribution in [0, 0.1) is 0 Å². The summed E-state index contributed by atoms with van der Waals surface area (Å²) in [5, 5.41) is 0. The predicted octanol–water partition coefficient (Wildman–Crippen LogP) is 6.07. The molecule has 6 nitrogen and oxygen atoms in total. The number of nitrogens with zero attached hydrogens (tertiary/aromatic N) is 1. The maximum absolute atomic E-state index is 11.9. The van der Waals surface area contributed by atoms with Crippen LogP contribution in [0.5, 0.6) is 17.2 Å². The van der Waals surface area contributed by atoms with Gasteiger partial charge in [-0.3, -0.25) is 0 Å². The van der Waals surface area contributed by atoms with Crippen molar-refractivity contribution in [3.63, 3.8) is 0 Å². The van der Waals surface area contributed by atoms with E-state index in [1.807, 2.05) is 55.5 Å². The average molecular weight is 450 g/mol. The lowest BCUT2D eigenvalue weighted by molar-refractivity contribution is 0.124. The third kappa shape index (κ3) is 7.45. The Hall–Kier alpha value is -3.67. The molecule has 2 heterocycles. The molecule has 33 heavy (non-hydrogen) atoms. The molecule has 1 amide bonds. The van der Waals surface area contributed by atoms with Gasteiger partial charge in [0.1, 0.15) is 5.75 Å². The first-order valence-electron chi connectivity index (χ1n) is 11.1. The number of ether oxygens (including phenoxy) is 4. The summed E-state index contributed by atoms with van der Waals surface area (Å²) in [7, 11) is 1.62. The molecule has 2 aliphatic heterocycles. The number of amides is 1. The highest BCUT2D eigenvalue weighted by molar-refractivity contribution is 5.68. The highest BCUT2D eigenvalue weighted by Crippen LogP contribution is 2.34. The van der Waals surface area contributed by atoms with Crippen LogP contribution in [0.2, 0.25) is 0 Å². The van der Waals surface area contributed by atoms with Gasteiger partial charge in [-0.25, -0.2) is 4.79 Å². The number of fused-ring (bicyclic) bond motifs is 1. The van der Waals surface area contributed by atoms with Crippen LogP contribution in [0.3, 0.4) is 0 Å². The number of piperidine rings is 1. The number of allylic oxidation sites excluding steroid dienone is 5. The average Bonchev–Trinajstić information content (AvgIpc) is 3.35. The standard InChI is InChI=1S/C19H23NO2.C8H8O3/c1-2-3-4-5-9-16-22-19(21)20-14-12-18(13-15-20)17-10-7-6-8-11-17;1-9-6-2-3-7-8(4-6)11-5-10-7/h2-11,16,18H,12-15H2,1H3;2-4H,5H2,1H3/b3-2-,5-4-,16-9+;. The second kappa shape index (κ2) is 13.0. The van der Waals surface area contributed by atoms with Crippen molar-refractivity contribution in [3.05, 3.63) is 90.7 Å².